The average molecular weight is 411 g/mol. The highest BCUT2D eigenvalue weighted by atomic mass is 16.6. The first kappa shape index (κ1) is 20.1. The maximum Gasteiger partial charge on any atom is 0.306 e. The van der Waals surface area contributed by atoms with Crippen LogP contribution in [0, 0.1) is 0 Å². The summed E-state index contributed by atoms with van der Waals surface area (Å²) in [6.45, 7) is 2.51. The molecule has 0 radical (unpaired) electrons. The van der Waals surface area contributed by atoms with Gasteiger partial charge in [-0.25, -0.2) is 0 Å². The lowest BCUT2D eigenvalue weighted by atomic mass is 9.99. The Hall–Kier alpha value is -3.22. The van der Waals surface area contributed by atoms with Gasteiger partial charge in [0.15, 0.2) is 11.5 Å². The second-order valence-electron chi connectivity index (χ2n) is 7.53. The quantitative estimate of drug-likeness (QED) is 0.670. The number of methoxy groups -OCH3 is 2. The maximum atomic E-state index is 11.9. The molecule has 0 bridgehead atoms. The normalized spacial score (nSPS) is 15.8. The Morgan fingerprint density at radius 1 is 1.07 bits per heavy atom. The Bertz CT molecular complexity index is 995. The van der Waals surface area contributed by atoms with Gasteiger partial charge in [-0.05, 0) is 48.2 Å². The highest BCUT2D eigenvalue weighted by molar-refractivity contribution is 5.99. The van der Waals surface area contributed by atoms with Crippen molar-refractivity contribution in [3.63, 3.8) is 0 Å². The Balaban J connectivity index is 1.69. The zero-order valence-corrected chi connectivity index (χ0v) is 17.4. The molecule has 1 amide bonds. The zero-order chi connectivity index (χ0) is 21.3. The molecule has 7 heteroatoms. The molecule has 0 unspecified atom stereocenters. The number of esters is 1. The van der Waals surface area contributed by atoms with E-state index in [0.29, 0.717) is 35.8 Å². The van der Waals surface area contributed by atoms with Crippen LogP contribution in [0.5, 0.6) is 17.2 Å². The fourth-order valence-electron chi connectivity index (χ4n) is 3.60. The van der Waals surface area contributed by atoms with Crippen LogP contribution in [0.4, 0.5) is 0 Å². The number of rotatable bonds is 8. The molecule has 2 aliphatic rings. The van der Waals surface area contributed by atoms with Crippen molar-refractivity contribution in [1.82, 2.24) is 5.32 Å². The SMILES string of the molecule is CCC(=O)OC1(COc2c(-c3ccc4c(c3)CNC4=O)ccc(OC)c2OC)CC1. The molecule has 1 saturated carbocycles. The van der Waals surface area contributed by atoms with Crippen LogP contribution in [-0.2, 0) is 16.1 Å². The monoisotopic (exact) mass is 411 g/mol. The number of amides is 1. The molecule has 1 aliphatic carbocycles. The molecule has 0 spiro atoms. The Labute approximate surface area is 175 Å². The van der Waals surface area contributed by atoms with Gasteiger partial charge in [0.05, 0.1) is 14.2 Å². The molecule has 2 aromatic carbocycles. The lowest BCUT2D eigenvalue weighted by molar-refractivity contribution is -0.152. The topological polar surface area (TPSA) is 83.1 Å². The number of carbonyl (C=O) groups is 2. The van der Waals surface area contributed by atoms with Crippen LogP contribution in [0.1, 0.15) is 42.1 Å². The van der Waals surface area contributed by atoms with Crippen LogP contribution in [0.25, 0.3) is 11.1 Å². The lowest BCUT2D eigenvalue weighted by Gasteiger charge is -2.21. The number of hydrogen-bond acceptors (Lipinski definition) is 6. The fraction of sp³-hybridized carbons (Fsp3) is 0.391. The van der Waals surface area contributed by atoms with Gasteiger partial charge >= 0.3 is 5.97 Å². The van der Waals surface area contributed by atoms with E-state index in [2.05, 4.69) is 5.32 Å². The first-order valence-corrected chi connectivity index (χ1v) is 10.0. The van der Waals surface area contributed by atoms with Crippen LogP contribution in [0.2, 0.25) is 0 Å². The van der Waals surface area contributed by atoms with Gasteiger partial charge in [-0.15, -0.1) is 0 Å². The van der Waals surface area contributed by atoms with Crippen molar-refractivity contribution in [1.29, 1.82) is 0 Å². The van der Waals surface area contributed by atoms with Crippen molar-refractivity contribution in [3.8, 4) is 28.4 Å². The van der Waals surface area contributed by atoms with E-state index in [1.165, 1.54) is 0 Å². The standard InChI is InChI=1S/C23H25NO6/c1-4-19(25)30-23(9-10-23)13-29-20-16(7-8-18(27-2)21(20)28-3)14-5-6-17-15(11-14)12-24-22(17)26/h5-8,11H,4,9-10,12-13H2,1-3H3,(H,24,26). The average Bonchev–Trinajstić information content (AvgIpc) is 3.44. The minimum atomic E-state index is -0.577. The molecule has 1 N–H and O–H groups in total. The molecule has 2 aromatic rings. The number of carbonyl (C=O) groups excluding carboxylic acids is 2. The first-order chi connectivity index (χ1) is 14.5. The van der Waals surface area contributed by atoms with E-state index in [9.17, 15) is 9.59 Å². The second kappa shape index (κ2) is 7.89. The van der Waals surface area contributed by atoms with Gasteiger partial charge in [-0.1, -0.05) is 13.0 Å². The third kappa shape index (κ3) is 3.67. The van der Waals surface area contributed by atoms with Gasteiger partial charge in [0, 0.05) is 24.1 Å². The lowest BCUT2D eigenvalue weighted by Crippen LogP contribution is -2.26. The molecule has 0 aromatic heterocycles. The molecule has 1 aliphatic heterocycles. The molecule has 1 heterocycles. The van der Waals surface area contributed by atoms with Gasteiger partial charge in [0.1, 0.15) is 12.2 Å². The second-order valence-corrected chi connectivity index (χ2v) is 7.53. The van der Waals surface area contributed by atoms with Gasteiger partial charge in [-0.2, -0.15) is 0 Å². The molecule has 0 saturated heterocycles. The fourth-order valence-corrected chi connectivity index (χ4v) is 3.60. The van der Waals surface area contributed by atoms with Crippen molar-refractivity contribution in [3.05, 3.63) is 41.5 Å². The molecule has 7 nitrogen and oxygen atoms in total. The Kier molecular flexibility index (Phi) is 5.28. The zero-order valence-electron chi connectivity index (χ0n) is 17.4. The van der Waals surface area contributed by atoms with Gasteiger partial charge in [0.2, 0.25) is 5.75 Å². The van der Waals surface area contributed by atoms with E-state index in [1.54, 1.807) is 21.1 Å². The summed E-state index contributed by atoms with van der Waals surface area (Å²) in [5, 5.41) is 2.83. The number of benzene rings is 2. The van der Waals surface area contributed by atoms with Crippen molar-refractivity contribution in [2.24, 2.45) is 0 Å². The number of ether oxygens (including phenoxy) is 4. The maximum absolute atomic E-state index is 11.9. The minimum Gasteiger partial charge on any atom is -0.493 e. The summed E-state index contributed by atoms with van der Waals surface area (Å²) in [4.78, 5) is 23.7. The predicted octanol–water partition coefficient (Wildman–Crippen LogP) is 3.48. The summed E-state index contributed by atoms with van der Waals surface area (Å²) in [6.07, 6.45) is 1.87. The van der Waals surface area contributed by atoms with E-state index in [0.717, 1.165) is 29.5 Å². The van der Waals surface area contributed by atoms with Crippen molar-refractivity contribution in [2.45, 2.75) is 38.3 Å². The molecular formula is C23H25NO6. The van der Waals surface area contributed by atoms with Crippen molar-refractivity contribution < 1.29 is 28.5 Å². The summed E-state index contributed by atoms with van der Waals surface area (Å²) in [5.41, 5.74) is 2.76. The molecule has 1 fully saturated rings. The van der Waals surface area contributed by atoms with Gasteiger partial charge < -0.3 is 24.3 Å². The Morgan fingerprint density at radius 2 is 1.83 bits per heavy atom. The van der Waals surface area contributed by atoms with Crippen LogP contribution < -0.4 is 19.5 Å². The minimum absolute atomic E-state index is 0.0613. The molecule has 30 heavy (non-hydrogen) atoms. The summed E-state index contributed by atoms with van der Waals surface area (Å²) < 4.78 is 22.8. The van der Waals surface area contributed by atoms with E-state index < -0.39 is 5.60 Å². The van der Waals surface area contributed by atoms with E-state index in [-0.39, 0.29) is 18.5 Å². The summed E-state index contributed by atoms with van der Waals surface area (Å²) in [5.74, 6) is 1.25. The van der Waals surface area contributed by atoms with Crippen LogP contribution in [-0.4, -0.2) is 38.3 Å². The van der Waals surface area contributed by atoms with Crippen LogP contribution in [0.3, 0.4) is 0 Å². The van der Waals surface area contributed by atoms with Gasteiger partial charge in [-0.3, -0.25) is 9.59 Å². The predicted molar refractivity (Wildman–Crippen MR) is 110 cm³/mol. The largest absolute Gasteiger partial charge is 0.493 e. The van der Waals surface area contributed by atoms with Crippen molar-refractivity contribution in [2.75, 3.05) is 20.8 Å². The molecular weight excluding hydrogens is 386 g/mol. The third-order valence-electron chi connectivity index (χ3n) is 5.51. The van der Waals surface area contributed by atoms with Gasteiger partial charge in [0.25, 0.3) is 5.91 Å². The van der Waals surface area contributed by atoms with Crippen LogP contribution in [0.15, 0.2) is 30.3 Å². The highest BCUT2D eigenvalue weighted by Gasteiger charge is 2.48. The van der Waals surface area contributed by atoms with E-state index in [4.69, 9.17) is 18.9 Å². The van der Waals surface area contributed by atoms with Crippen molar-refractivity contribution >= 4 is 11.9 Å². The van der Waals surface area contributed by atoms with E-state index in [1.807, 2.05) is 30.3 Å². The van der Waals surface area contributed by atoms with Crippen LogP contribution >= 0.6 is 0 Å². The van der Waals surface area contributed by atoms with E-state index >= 15 is 0 Å². The third-order valence-corrected chi connectivity index (χ3v) is 5.51. The molecule has 4 rings (SSSR count). The smallest absolute Gasteiger partial charge is 0.306 e. The summed E-state index contributed by atoms with van der Waals surface area (Å²) in [6, 6.07) is 9.41. The number of nitrogens with one attached hydrogen (secondary N) is 1. The Morgan fingerprint density at radius 3 is 2.50 bits per heavy atom. The highest BCUT2D eigenvalue weighted by Crippen LogP contribution is 2.47. The number of fused-ring (bicyclic) bond motifs is 1. The summed E-state index contributed by atoms with van der Waals surface area (Å²) in [7, 11) is 3.13. The first-order valence-electron chi connectivity index (χ1n) is 10.0. The number of hydrogen-bond donors (Lipinski definition) is 1. The summed E-state index contributed by atoms with van der Waals surface area (Å²) >= 11 is 0. The molecule has 0 atom stereocenters. The molecule has 158 valence electrons.